The maximum atomic E-state index is 13.0. The normalized spacial score (nSPS) is 18.0. The van der Waals surface area contributed by atoms with Crippen molar-refractivity contribution in [2.45, 2.75) is 25.7 Å². The lowest BCUT2D eigenvalue weighted by atomic mass is 9.89. The number of rotatable bonds is 6. The van der Waals surface area contributed by atoms with Gasteiger partial charge in [0.05, 0.1) is 0 Å². The van der Waals surface area contributed by atoms with E-state index in [0.29, 0.717) is 5.56 Å². The molecule has 6 heteroatoms. The van der Waals surface area contributed by atoms with Crippen molar-refractivity contribution in [3.05, 3.63) is 48.0 Å². The first-order chi connectivity index (χ1) is 12.7. The maximum absolute atomic E-state index is 13.0. The van der Waals surface area contributed by atoms with Gasteiger partial charge in [-0.05, 0) is 55.9 Å². The summed E-state index contributed by atoms with van der Waals surface area (Å²) >= 11 is 0. The van der Waals surface area contributed by atoms with Crippen molar-refractivity contribution in [3.63, 3.8) is 0 Å². The van der Waals surface area contributed by atoms with Crippen LogP contribution in [0, 0.1) is 17.7 Å². The van der Waals surface area contributed by atoms with Crippen molar-refractivity contribution < 1.29 is 9.18 Å². The zero-order valence-corrected chi connectivity index (χ0v) is 14.7. The van der Waals surface area contributed by atoms with E-state index in [1.165, 1.54) is 25.0 Å². The Bertz CT molecular complexity index is 768. The van der Waals surface area contributed by atoms with Crippen LogP contribution in [0.15, 0.2) is 36.7 Å². The van der Waals surface area contributed by atoms with Gasteiger partial charge in [0.2, 0.25) is 0 Å². The molecule has 2 fully saturated rings. The lowest BCUT2D eigenvalue weighted by Gasteiger charge is -2.32. The Kier molecular flexibility index (Phi) is 4.82. The van der Waals surface area contributed by atoms with E-state index in [1.54, 1.807) is 18.5 Å². The van der Waals surface area contributed by atoms with Gasteiger partial charge in [0.25, 0.3) is 0 Å². The van der Waals surface area contributed by atoms with E-state index in [9.17, 15) is 9.18 Å². The fourth-order valence-electron chi connectivity index (χ4n) is 3.41. The highest BCUT2D eigenvalue weighted by Gasteiger charge is 2.27. The van der Waals surface area contributed by atoms with Crippen molar-refractivity contribution in [3.8, 4) is 0 Å². The van der Waals surface area contributed by atoms with E-state index in [2.05, 4.69) is 20.2 Å². The number of piperidine rings is 1. The van der Waals surface area contributed by atoms with Gasteiger partial charge in [0, 0.05) is 37.2 Å². The fraction of sp³-hybridized carbons (Fsp3) is 0.450. The molecule has 0 unspecified atom stereocenters. The number of benzene rings is 1. The molecule has 0 radical (unpaired) electrons. The fourth-order valence-corrected chi connectivity index (χ4v) is 3.41. The quantitative estimate of drug-likeness (QED) is 0.804. The number of ketones is 1. The molecule has 5 nitrogen and oxygen atoms in total. The van der Waals surface area contributed by atoms with E-state index in [0.717, 1.165) is 50.0 Å². The maximum Gasteiger partial charge on any atom is 0.166 e. The Labute approximate surface area is 152 Å². The van der Waals surface area contributed by atoms with Crippen LogP contribution in [0.3, 0.4) is 0 Å². The molecule has 0 atom stereocenters. The predicted molar refractivity (Wildman–Crippen MR) is 98.9 cm³/mol. The van der Waals surface area contributed by atoms with Crippen LogP contribution < -0.4 is 10.2 Å². The summed E-state index contributed by atoms with van der Waals surface area (Å²) in [7, 11) is 0. The number of halogens is 1. The van der Waals surface area contributed by atoms with E-state index in [1.807, 2.05) is 6.07 Å². The molecule has 0 spiro atoms. The summed E-state index contributed by atoms with van der Waals surface area (Å²) in [6.07, 6.45) is 5.78. The first-order valence-corrected chi connectivity index (χ1v) is 9.29. The third-order valence-electron chi connectivity index (χ3n) is 5.24. The van der Waals surface area contributed by atoms with Crippen molar-refractivity contribution in [1.29, 1.82) is 0 Å². The molecule has 4 rings (SSSR count). The average Bonchev–Trinajstić information content (AvgIpc) is 3.51. The van der Waals surface area contributed by atoms with Gasteiger partial charge < -0.3 is 10.2 Å². The number of carbonyl (C=O) groups is 1. The molecule has 0 amide bonds. The Morgan fingerprint density at radius 1 is 1.12 bits per heavy atom. The standard InChI is InChI=1S/C20H23FN4O/c21-17-5-3-15(4-6-17)20(26)16-7-9-25(10-8-16)19-11-18(23-13-24-19)22-12-14-1-2-14/h3-6,11,13-14,16H,1-2,7-10,12H2,(H,22,23,24). The van der Waals surface area contributed by atoms with Crippen LogP contribution in [-0.2, 0) is 0 Å². The van der Waals surface area contributed by atoms with Gasteiger partial charge >= 0.3 is 0 Å². The zero-order chi connectivity index (χ0) is 17.9. The van der Waals surface area contributed by atoms with Crippen LogP contribution in [0.4, 0.5) is 16.0 Å². The molecule has 2 aliphatic rings. The third-order valence-corrected chi connectivity index (χ3v) is 5.24. The number of anilines is 2. The Morgan fingerprint density at radius 3 is 2.54 bits per heavy atom. The van der Waals surface area contributed by atoms with Gasteiger partial charge in [-0.1, -0.05) is 0 Å². The van der Waals surface area contributed by atoms with Crippen LogP contribution in [0.5, 0.6) is 0 Å². The van der Waals surface area contributed by atoms with Gasteiger partial charge in [-0.25, -0.2) is 14.4 Å². The third kappa shape index (κ3) is 4.00. The number of nitrogens with one attached hydrogen (secondary N) is 1. The highest BCUT2D eigenvalue weighted by molar-refractivity contribution is 5.97. The predicted octanol–water partition coefficient (Wildman–Crippen LogP) is 3.54. The minimum atomic E-state index is -0.314. The highest BCUT2D eigenvalue weighted by atomic mass is 19.1. The van der Waals surface area contributed by atoms with Crippen LogP contribution in [0.25, 0.3) is 0 Å². The number of nitrogens with zero attached hydrogens (tertiary/aromatic N) is 3. The van der Waals surface area contributed by atoms with Crippen molar-refractivity contribution in [1.82, 2.24) is 9.97 Å². The molecule has 1 aromatic heterocycles. The summed E-state index contributed by atoms with van der Waals surface area (Å²) < 4.78 is 13.0. The number of hydrogen-bond donors (Lipinski definition) is 1. The van der Waals surface area contributed by atoms with Crippen molar-refractivity contribution in [2.24, 2.45) is 11.8 Å². The summed E-state index contributed by atoms with van der Waals surface area (Å²) in [5.41, 5.74) is 0.596. The SMILES string of the molecule is O=C(c1ccc(F)cc1)C1CCN(c2cc(NCC3CC3)ncn2)CC1. The molecule has 26 heavy (non-hydrogen) atoms. The molecule has 1 N–H and O–H groups in total. The van der Waals surface area contributed by atoms with Crippen LogP contribution >= 0.6 is 0 Å². The van der Waals surface area contributed by atoms with Crippen molar-refractivity contribution >= 4 is 17.4 Å². The Balaban J connectivity index is 1.34. The molecule has 1 saturated heterocycles. The minimum Gasteiger partial charge on any atom is -0.370 e. The molecule has 136 valence electrons. The topological polar surface area (TPSA) is 58.1 Å². The first kappa shape index (κ1) is 16.9. The van der Waals surface area contributed by atoms with Crippen LogP contribution in [0.2, 0.25) is 0 Å². The van der Waals surface area contributed by atoms with E-state index >= 15 is 0 Å². The molecular formula is C20H23FN4O. The summed E-state index contributed by atoms with van der Waals surface area (Å²) in [4.78, 5) is 23.5. The molecule has 2 heterocycles. The van der Waals surface area contributed by atoms with Crippen LogP contribution in [-0.4, -0.2) is 35.4 Å². The van der Waals surface area contributed by atoms with Gasteiger partial charge in [-0.15, -0.1) is 0 Å². The summed E-state index contributed by atoms with van der Waals surface area (Å²) in [6.45, 7) is 2.55. The molecule has 1 aromatic carbocycles. The summed E-state index contributed by atoms with van der Waals surface area (Å²) in [5, 5.41) is 3.38. The summed E-state index contributed by atoms with van der Waals surface area (Å²) in [6, 6.07) is 7.84. The smallest absolute Gasteiger partial charge is 0.166 e. The number of carbonyl (C=O) groups excluding carboxylic acids is 1. The summed E-state index contributed by atoms with van der Waals surface area (Å²) in [5.74, 6) is 2.36. The van der Waals surface area contributed by atoms with Gasteiger partial charge in [0.15, 0.2) is 5.78 Å². The van der Waals surface area contributed by atoms with Gasteiger partial charge in [-0.3, -0.25) is 4.79 Å². The number of Topliss-reactive ketones (excluding diaryl/α,β-unsaturated/α-hetero) is 1. The largest absolute Gasteiger partial charge is 0.370 e. The second-order valence-corrected chi connectivity index (χ2v) is 7.22. The molecule has 1 aliphatic carbocycles. The lowest BCUT2D eigenvalue weighted by Crippen LogP contribution is -2.37. The number of aromatic nitrogens is 2. The zero-order valence-electron chi connectivity index (χ0n) is 14.7. The highest BCUT2D eigenvalue weighted by Crippen LogP contribution is 2.29. The van der Waals surface area contributed by atoms with E-state index in [-0.39, 0.29) is 17.5 Å². The average molecular weight is 354 g/mol. The van der Waals surface area contributed by atoms with Crippen molar-refractivity contribution in [2.75, 3.05) is 29.9 Å². The molecule has 2 aromatic rings. The minimum absolute atomic E-state index is 0.00832. The molecular weight excluding hydrogens is 331 g/mol. The van der Waals surface area contributed by atoms with Gasteiger partial charge in [-0.2, -0.15) is 0 Å². The monoisotopic (exact) mass is 354 g/mol. The second-order valence-electron chi connectivity index (χ2n) is 7.22. The lowest BCUT2D eigenvalue weighted by molar-refractivity contribution is 0.0900. The Hall–Kier alpha value is -2.50. The number of hydrogen-bond acceptors (Lipinski definition) is 5. The molecule has 1 aliphatic heterocycles. The van der Waals surface area contributed by atoms with E-state index < -0.39 is 0 Å². The van der Waals surface area contributed by atoms with Gasteiger partial charge in [0.1, 0.15) is 23.8 Å². The first-order valence-electron chi connectivity index (χ1n) is 9.29. The van der Waals surface area contributed by atoms with E-state index in [4.69, 9.17) is 0 Å². The van der Waals surface area contributed by atoms with Crippen LogP contribution in [0.1, 0.15) is 36.0 Å². The second kappa shape index (κ2) is 7.40. The Morgan fingerprint density at radius 2 is 1.85 bits per heavy atom. The molecule has 0 bridgehead atoms. The molecule has 1 saturated carbocycles.